The third-order valence-corrected chi connectivity index (χ3v) is 5.33. The van der Waals surface area contributed by atoms with Crippen molar-refractivity contribution < 1.29 is 5.11 Å². The molecule has 110 valence electrons. The number of thioether (sulfide) groups is 1. The highest BCUT2D eigenvalue weighted by atomic mass is 32.2. The van der Waals surface area contributed by atoms with Gasteiger partial charge in [0, 0.05) is 11.8 Å². The van der Waals surface area contributed by atoms with Crippen molar-refractivity contribution in [3.8, 4) is 5.75 Å². The molecular formula is C18H21NOS. The molecule has 3 rings (SSSR count). The molecule has 1 aliphatic heterocycles. The van der Waals surface area contributed by atoms with Gasteiger partial charge in [-0.1, -0.05) is 42.5 Å². The van der Waals surface area contributed by atoms with Crippen LogP contribution in [0, 0.1) is 0 Å². The van der Waals surface area contributed by atoms with Crippen LogP contribution in [0.4, 0.5) is 0 Å². The summed E-state index contributed by atoms with van der Waals surface area (Å²) in [4.78, 5) is 0. The molecule has 2 unspecified atom stereocenters. The van der Waals surface area contributed by atoms with Crippen molar-refractivity contribution >= 4 is 11.8 Å². The summed E-state index contributed by atoms with van der Waals surface area (Å²) >= 11 is 2.07. The van der Waals surface area contributed by atoms with Gasteiger partial charge in [0.1, 0.15) is 5.75 Å². The molecule has 0 saturated carbocycles. The quantitative estimate of drug-likeness (QED) is 0.876. The van der Waals surface area contributed by atoms with Crippen LogP contribution >= 0.6 is 11.8 Å². The number of phenols is 1. The van der Waals surface area contributed by atoms with Crippen LogP contribution in [0.5, 0.6) is 5.75 Å². The van der Waals surface area contributed by atoms with Crippen LogP contribution < -0.4 is 5.32 Å². The Balaban J connectivity index is 1.78. The predicted octanol–water partition coefficient (Wildman–Crippen LogP) is 3.97. The predicted molar refractivity (Wildman–Crippen MR) is 89.9 cm³/mol. The van der Waals surface area contributed by atoms with Gasteiger partial charge in [0.25, 0.3) is 0 Å². The highest BCUT2D eigenvalue weighted by Gasteiger charge is 2.19. The number of benzene rings is 2. The molecule has 0 amide bonds. The average molecular weight is 299 g/mol. The fourth-order valence-corrected chi connectivity index (χ4v) is 4.01. The minimum atomic E-state index is 0.188. The van der Waals surface area contributed by atoms with Crippen molar-refractivity contribution in [1.82, 2.24) is 5.32 Å². The molecule has 1 heterocycles. The van der Waals surface area contributed by atoms with E-state index in [1.165, 1.54) is 29.7 Å². The summed E-state index contributed by atoms with van der Waals surface area (Å²) < 4.78 is 0. The number of aromatic hydroxyl groups is 1. The minimum Gasteiger partial charge on any atom is -0.508 e. The van der Waals surface area contributed by atoms with E-state index in [0.717, 1.165) is 11.8 Å². The third-order valence-electron chi connectivity index (χ3n) is 3.93. The second kappa shape index (κ2) is 7.01. The molecule has 0 aliphatic carbocycles. The van der Waals surface area contributed by atoms with E-state index in [9.17, 15) is 5.11 Å². The van der Waals surface area contributed by atoms with Gasteiger partial charge >= 0.3 is 0 Å². The summed E-state index contributed by atoms with van der Waals surface area (Å²) in [7, 11) is 0. The van der Waals surface area contributed by atoms with E-state index >= 15 is 0 Å². The molecule has 0 spiro atoms. The highest BCUT2D eigenvalue weighted by Crippen LogP contribution is 2.28. The van der Waals surface area contributed by atoms with Crippen molar-refractivity contribution in [3.63, 3.8) is 0 Å². The SMILES string of the molecule is Oc1ccc(C(NCC2CCCS2)c2ccccc2)cc1. The van der Waals surface area contributed by atoms with Crippen LogP contribution in [0.25, 0.3) is 0 Å². The lowest BCUT2D eigenvalue weighted by Gasteiger charge is -2.22. The zero-order valence-electron chi connectivity index (χ0n) is 12.0. The lowest BCUT2D eigenvalue weighted by Crippen LogP contribution is -2.28. The van der Waals surface area contributed by atoms with Gasteiger partial charge in [-0.15, -0.1) is 0 Å². The molecule has 1 fully saturated rings. The van der Waals surface area contributed by atoms with E-state index in [-0.39, 0.29) is 6.04 Å². The summed E-state index contributed by atoms with van der Waals surface area (Å²) in [5.74, 6) is 1.61. The first kappa shape index (κ1) is 14.5. The fourth-order valence-electron chi connectivity index (χ4n) is 2.80. The van der Waals surface area contributed by atoms with Gasteiger partial charge in [0.2, 0.25) is 0 Å². The lowest BCUT2D eigenvalue weighted by molar-refractivity contribution is 0.474. The molecule has 1 aliphatic rings. The van der Waals surface area contributed by atoms with Crippen molar-refractivity contribution in [2.45, 2.75) is 24.1 Å². The van der Waals surface area contributed by atoms with E-state index in [1.54, 1.807) is 12.1 Å². The molecule has 0 radical (unpaired) electrons. The van der Waals surface area contributed by atoms with Gasteiger partial charge in [-0.25, -0.2) is 0 Å². The van der Waals surface area contributed by atoms with Gasteiger partial charge in [-0.2, -0.15) is 11.8 Å². The van der Waals surface area contributed by atoms with E-state index < -0.39 is 0 Å². The maximum Gasteiger partial charge on any atom is 0.115 e. The Kier molecular flexibility index (Phi) is 4.84. The molecule has 0 aromatic heterocycles. The first-order chi connectivity index (χ1) is 10.3. The molecule has 3 heteroatoms. The molecule has 1 saturated heterocycles. The number of rotatable bonds is 5. The Bertz CT molecular complexity index is 549. The van der Waals surface area contributed by atoms with Crippen molar-refractivity contribution in [2.24, 2.45) is 0 Å². The molecule has 21 heavy (non-hydrogen) atoms. The summed E-state index contributed by atoms with van der Waals surface area (Å²) in [5, 5.41) is 13.9. The summed E-state index contributed by atoms with van der Waals surface area (Å²) in [5.41, 5.74) is 2.47. The van der Waals surface area contributed by atoms with E-state index in [0.29, 0.717) is 5.75 Å². The maximum absolute atomic E-state index is 9.49. The van der Waals surface area contributed by atoms with Crippen LogP contribution in [0.15, 0.2) is 54.6 Å². The van der Waals surface area contributed by atoms with Gasteiger partial charge < -0.3 is 10.4 Å². The second-order valence-electron chi connectivity index (χ2n) is 5.48. The zero-order chi connectivity index (χ0) is 14.5. The van der Waals surface area contributed by atoms with Crippen molar-refractivity contribution in [2.75, 3.05) is 12.3 Å². The van der Waals surface area contributed by atoms with Gasteiger partial charge in [0.05, 0.1) is 6.04 Å². The first-order valence-electron chi connectivity index (χ1n) is 7.52. The zero-order valence-corrected chi connectivity index (χ0v) is 12.9. The summed E-state index contributed by atoms with van der Waals surface area (Å²) in [6.07, 6.45) is 2.65. The first-order valence-corrected chi connectivity index (χ1v) is 8.56. The molecular weight excluding hydrogens is 278 g/mol. The van der Waals surface area contributed by atoms with E-state index in [4.69, 9.17) is 0 Å². The minimum absolute atomic E-state index is 0.188. The molecule has 2 N–H and O–H groups in total. The van der Waals surface area contributed by atoms with Gasteiger partial charge in [0.15, 0.2) is 0 Å². The fraction of sp³-hybridized carbons (Fsp3) is 0.333. The van der Waals surface area contributed by atoms with Crippen LogP contribution in [0.1, 0.15) is 30.0 Å². The van der Waals surface area contributed by atoms with Crippen molar-refractivity contribution in [1.29, 1.82) is 0 Å². The Labute approximate surface area is 130 Å². The lowest BCUT2D eigenvalue weighted by atomic mass is 9.98. The van der Waals surface area contributed by atoms with Crippen molar-refractivity contribution in [3.05, 3.63) is 65.7 Å². The monoisotopic (exact) mass is 299 g/mol. The summed E-state index contributed by atoms with van der Waals surface area (Å²) in [6, 6.07) is 18.2. The topological polar surface area (TPSA) is 32.3 Å². The van der Waals surface area contributed by atoms with Crippen LogP contribution in [0.2, 0.25) is 0 Å². The Morgan fingerprint density at radius 3 is 2.43 bits per heavy atom. The number of hydrogen-bond donors (Lipinski definition) is 2. The summed E-state index contributed by atoms with van der Waals surface area (Å²) in [6.45, 7) is 1.03. The number of nitrogens with one attached hydrogen (secondary N) is 1. The third kappa shape index (κ3) is 3.80. The second-order valence-corrected chi connectivity index (χ2v) is 6.89. The highest BCUT2D eigenvalue weighted by molar-refractivity contribution is 8.00. The van der Waals surface area contributed by atoms with E-state index in [2.05, 4.69) is 41.3 Å². The number of phenolic OH excluding ortho intramolecular Hbond substituents is 1. The van der Waals surface area contributed by atoms with Gasteiger partial charge in [-0.05, 0) is 41.9 Å². The normalized spacial score (nSPS) is 19.5. The molecule has 2 aromatic carbocycles. The standard InChI is InChI=1S/C18H21NOS/c20-16-10-8-15(9-11-16)18(14-5-2-1-3-6-14)19-13-17-7-4-12-21-17/h1-3,5-6,8-11,17-20H,4,7,12-13H2. The largest absolute Gasteiger partial charge is 0.508 e. The van der Waals surface area contributed by atoms with Gasteiger partial charge in [-0.3, -0.25) is 0 Å². The molecule has 2 atom stereocenters. The van der Waals surface area contributed by atoms with Crippen LogP contribution in [0.3, 0.4) is 0 Å². The Morgan fingerprint density at radius 2 is 1.76 bits per heavy atom. The maximum atomic E-state index is 9.49. The van der Waals surface area contributed by atoms with E-state index in [1.807, 2.05) is 18.2 Å². The average Bonchev–Trinajstić information content (AvgIpc) is 3.04. The number of hydrogen-bond acceptors (Lipinski definition) is 3. The van der Waals surface area contributed by atoms with Crippen LogP contribution in [-0.2, 0) is 0 Å². The molecule has 2 aromatic rings. The molecule has 0 bridgehead atoms. The molecule has 2 nitrogen and oxygen atoms in total. The van der Waals surface area contributed by atoms with Crippen LogP contribution in [-0.4, -0.2) is 22.7 Å². The smallest absolute Gasteiger partial charge is 0.115 e. The Hall–Kier alpha value is -1.45. The Morgan fingerprint density at radius 1 is 1.05 bits per heavy atom.